The quantitative estimate of drug-likeness (QED) is 0.421. The summed E-state index contributed by atoms with van der Waals surface area (Å²) in [6.07, 6.45) is 1.56. The second kappa shape index (κ2) is 8.74. The van der Waals surface area contributed by atoms with E-state index >= 15 is 0 Å². The third-order valence-electron chi connectivity index (χ3n) is 6.38. The third-order valence-corrected chi connectivity index (χ3v) is 6.63. The molecule has 1 aliphatic heterocycles. The molecule has 7 nitrogen and oxygen atoms in total. The first-order valence-corrected chi connectivity index (χ1v) is 11.7. The Morgan fingerprint density at radius 3 is 2.60 bits per heavy atom. The van der Waals surface area contributed by atoms with Gasteiger partial charge in [0.2, 0.25) is 5.91 Å². The molecule has 178 valence electrons. The molecule has 0 bridgehead atoms. The van der Waals surface area contributed by atoms with Gasteiger partial charge >= 0.3 is 0 Å². The molecule has 0 spiro atoms. The van der Waals surface area contributed by atoms with Crippen molar-refractivity contribution < 1.29 is 14.0 Å². The van der Waals surface area contributed by atoms with E-state index in [1.165, 1.54) is 0 Å². The zero-order chi connectivity index (χ0) is 24.7. The Hall–Kier alpha value is -3.84. The largest absolute Gasteiger partial charge is 0.463 e. The van der Waals surface area contributed by atoms with Crippen LogP contribution in [0.15, 0.2) is 71.3 Å². The van der Waals surface area contributed by atoms with E-state index in [2.05, 4.69) is 10.4 Å². The molecule has 1 aliphatic rings. The lowest BCUT2D eigenvalue weighted by atomic mass is 9.92. The van der Waals surface area contributed by atoms with Crippen LogP contribution in [-0.2, 0) is 17.9 Å². The monoisotopic (exact) mass is 488 g/mol. The van der Waals surface area contributed by atoms with Crippen molar-refractivity contribution in [1.82, 2.24) is 15.1 Å². The summed E-state index contributed by atoms with van der Waals surface area (Å²) < 4.78 is 7.08. The molecule has 35 heavy (non-hydrogen) atoms. The Bertz CT molecular complexity index is 1410. The van der Waals surface area contributed by atoms with Crippen molar-refractivity contribution >= 4 is 29.1 Å². The minimum Gasteiger partial charge on any atom is -0.463 e. The second-order valence-corrected chi connectivity index (χ2v) is 9.50. The predicted molar refractivity (Wildman–Crippen MR) is 134 cm³/mol. The van der Waals surface area contributed by atoms with Crippen LogP contribution in [0, 0.1) is 13.8 Å². The normalized spacial score (nSPS) is 17.4. The van der Waals surface area contributed by atoms with Gasteiger partial charge in [0.25, 0.3) is 5.91 Å². The van der Waals surface area contributed by atoms with E-state index in [0.29, 0.717) is 34.4 Å². The minimum absolute atomic E-state index is 0.189. The summed E-state index contributed by atoms with van der Waals surface area (Å²) in [6, 6.07) is 18.4. The lowest BCUT2D eigenvalue weighted by Gasteiger charge is -2.43. The Morgan fingerprint density at radius 1 is 1.14 bits per heavy atom. The molecule has 8 heteroatoms. The number of nitrogens with one attached hydrogen (secondary N) is 1. The fourth-order valence-electron chi connectivity index (χ4n) is 4.54. The number of fused-ring (bicyclic) bond motifs is 1. The predicted octanol–water partition coefficient (Wildman–Crippen LogP) is 5.15. The van der Waals surface area contributed by atoms with Crippen molar-refractivity contribution in [2.75, 3.05) is 4.90 Å². The van der Waals surface area contributed by atoms with Crippen LogP contribution in [-0.4, -0.2) is 27.1 Å². The van der Waals surface area contributed by atoms with Crippen LogP contribution in [0.1, 0.15) is 34.1 Å². The van der Waals surface area contributed by atoms with Crippen LogP contribution in [0.4, 0.5) is 5.69 Å². The van der Waals surface area contributed by atoms with Gasteiger partial charge in [0.05, 0.1) is 12.8 Å². The molecule has 1 atom stereocenters. The molecule has 4 aromatic rings. The van der Waals surface area contributed by atoms with Crippen molar-refractivity contribution in [1.29, 1.82) is 0 Å². The van der Waals surface area contributed by atoms with Gasteiger partial charge in [-0.1, -0.05) is 41.4 Å². The Morgan fingerprint density at radius 2 is 1.91 bits per heavy atom. The van der Waals surface area contributed by atoms with E-state index < -0.39 is 5.54 Å². The van der Waals surface area contributed by atoms with Gasteiger partial charge in [-0.2, -0.15) is 5.10 Å². The first-order chi connectivity index (χ1) is 16.8. The summed E-state index contributed by atoms with van der Waals surface area (Å²) in [5, 5.41) is 8.23. The number of furan rings is 1. The van der Waals surface area contributed by atoms with Crippen LogP contribution in [0.25, 0.3) is 11.5 Å². The number of aromatic nitrogens is 2. The lowest BCUT2D eigenvalue weighted by molar-refractivity contribution is -0.126. The average Bonchev–Trinajstić information content (AvgIpc) is 3.50. The Balaban J connectivity index is 1.55. The maximum Gasteiger partial charge on any atom is 0.277 e. The van der Waals surface area contributed by atoms with Crippen LogP contribution in [0.5, 0.6) is 0 Å². The molecule has 5 rings (SSSR count). The fourth-order valence-corrected chi connectivity index (χ4v) is 4.66. The Labute approximate surface area is 208 Å². The third kappa shape index (κ3) is 4.12. The van der Waals surface area contributed by atoms with E-state index in [0.717, 1.165) is 16.7 Å². The number of rotatable bonds is 5. The molecule has 1 unspecified atom stereocenters. The highest BCUT2D eigenvalue weighted by atomic mass is 35.5. The summed E-state index contributed by atoms with van der Waals surface area (Å²) in [5.41, 5.74) is 3.32. The molecule has 2 amide bonds. The lowest BCUT2D eigenvalue weighted by Crippen LogP contribution is -2.64. The summed E-state index contributed by atoms with van der Waals surface area (Å²) in [5.74, 6) is -0.00853. The number of hydrogen-bond donors (Lipinski definition) is 1. The molecule has 1 N–H and O–H groups in total. The Kier molecular flexibility index (Phi) is 5.73. The van der Waals surface area contributed by atoms with E-state index in [4.69, 9.17) is 16.0 Å². The zero-order valence-electron chi connectivity index (χ0n) is 19.7. The highest BCUT2D eigenvalue weighted by Crippen LogP contribution is 2.36. The first-order valence-electron chi connectivity index (χ1n) is 11.3. The molecule has 2 aromatic heterocycles. The van der Waals surface area contributed by atoms with E-state index in [1.807, 2.05) is 44.2 Å². The van der Waals surface area contributed by atoms with E-state index in [-0.39, 0.29) is 18.4 Å². The summed E-state index contributed by atoms with van der Waals surface area (Å²) in [6.45, 7) is 6.22. The molecular weight excluding hydrogens is 464 g/mol. The number of carbonyl (C=O) groups is 2. The number of amides is 2. The van der Waals surface area contributed by atoms with Gasteiger partial charge in [-0.3, -0.25) is 19.2 Å². The zero-order valence-corrected chi connectivity index (χ0v) is 20.5. The maximum atomic E-state index is 13.9. The first kappa shape index (κ1) is 22.9. The molecule has 2 aromatic carbocycles. The van der Waals surface area contributed by atoms with Crippen LogP contribution < -0.4 is 10.2 Å². The summed E-state index contributed by atoms with van der Waals surface area (Å²) >= 11 is 5.99. The van der Waals surface area contributed by atoms with Gasteiger partial charge in [0.1, 0.15) is 16.9 Å². The van der Waals surface area contributed by atoms with Crippen molar-refractivity contribution in [3.8, 4) is 11.5 Å². The van der Waals surface area contributed by atoms with Gasteiger partial charge in [-0.15, -0.1) is 0 Å². The standard InChI is InChI=1S/C27H25ClN4O3/c1-17-6-11-22(18(2)13-17)32-25(33)23-14-21(24-5-4-12-35-24)30-31(23)16-27(32,3)26(34)29-15-19-7-9-20(28)10-8-19/h4-14H,15-16H2,1-3H3,(H,29,34). The highest BCUT2D eigenvalue weighted by Gasteiger charge is 2.49. The number of benzene rings is 2. The SMILES string of the molecule is Cc1ccc(N2C(=O)c3cc(-c4ccco4)nn3CC2(C)C(=O)NCc2ccc(Cl)cc2)c(C)c1. The molecule has 0 saturated carbocycles. The van der Waals surface area contributed by atoms with Crippen molar-refractivity contribution in [2.24, 2.45) is 0 Å². The number of halogens is 1. The highest BCUT2D eigenvalue weighted by molar-refractivity contribution is 6.30. The number of carbonyl (C=O) groups excluding carboxylic acids is 2. The molecule has 0 aliphatic carbocycles. The summed E-state index contributed by atoms with van der Waals surface area (Å²) in [7, 11) is 0. The number of anilines is 1. The maximum absolute atomic E-state index is 13.9. The molecule has 0 saturated heterocycles. The fraction of sp³-hybridized carbons (Fsp3) is 0.222. The van der Waals surface area contributed by atoms with Crippen molar-refractivity contribution in [3.63, 3.8) is 0 Å². The molecular formula is C27H25ClN4O3. The minimum atomic E-state index is -1.22. The average molecular weight is 489 g/mol. The summed E-state index contributed by atoms with van der Waals surface area (Å²) in [4.78, 5) is 29.2. The number of aryl methyl sites for hydroxylation is 2. The van der Waals surface area contributed by atoms with Gasteiger partial charge < -0.3 is 9.73 Å². The molecule has 3 heterocycles. The number of hydrogen-bond acceptors (Lipinski definition) is 4. The second-order valence-electron chi connectivity index (χ2n) is 9.06. The smallest absolute Gasteiger partial charge is 0.277 e. The van der Waals surface area contributed by atoms with Gasteiger partial charge in [0.15, 0.2) is 5.76 Å². The van der Waals surface area contributed by atoms with Crippen molar-refractivity contribution in [3.05, 3.63) is 94.3 Å². The van der Waals surface area contributed by atoms with Crippen LogP contribution >= 0.6 is 11.6 Å². The van der Waals surface area contributed by atoms with Gasteiger partial charge in [-0.25, -0.2) is 0 Å². The van der Waals surface area contributed by atoms with Gasteiger partial charge in [0, 0.05) is 23.3 Å². The van der Waals surface area contributed by atoms with Crippen LogP contribution in [0.2, 0.25) is 5.02 Å². The topological polar surface area (TPSA) is 80.4 Å². The van der Waals surface area contributed by atoms with Crippen LogP contribution in [0.3, 0.4) is 0 Å². The van der Waals surface area contributed by atoms with E-state index in [9.17, 15) is 9.59 Å². The van der Waals surface area contributed by atoms with Crippen molar-refractivity contribution in [2.45, 2.75) is 39.4 Å². The molecule has 0 fully saturated rings. The molecule has 0 radical (unpaired) electrons. The van der Waals surface area contributed by atoms with Gasteiger partial charge in [-0.05, 0) is 62.2 Å². The van der Waals surface area contributed by atoms with E-state index in [1.54, 1.807) is 53.1 Å². The number of nitrogens with zero attached hydrogens (tertiary/aromatic N) is 3.